The van der Waals surface area contributed by atoms with Gasteiger partial charge in [-0.3, -0.25) is 9.71 Å². The fourth-order valence-corrected chi connectivity index (χ4v) is 6.44. The molecule has 1 fully saturated rings. The van der Waals surface area contributed by atoms with E-state index in [0.29, 0.717) is 27.3 Å². The van der Waals surface area contributed by atoms with Gasteiger partial charge in [0.1, 0.15) is 5.75 Å². The summed E-state index contributed by atoms with van der Waals surface area (Å²) in [6.45, 7) is 6.17. The number of aryl methyl sites for hydroxylation is 1. The summed E-state index contributed by atoms with van der Waals surface area (Å²) < 4.78 is 34.4. The van der Waals surface area contributed by atoms with Gasteiger partial charge in [0.05, 0.1) is 36.8 Å². The number of nitrogens with zero attached hydrogens (tertiary/aromatic N) is 3. The first-order chi connectivity index (χ1) is 19.0. The Balaban J connectivity index is 1.70. The van der Waals surface area contributed by atoms with E-state index in [2.05, 4.69) is 45.6 Å². The Morgan fingerprint density at radius 3 is 2.52 bits per heavy atom. The predicted octanol–water partition coefficient (Wildman–Crippen LogP) is 6.01. The van der Waals surface area contributed by atoms with E-state index in [9.17, 15) is 8.42 Å². The number of anilines is 2. The molecule has 1 saturated heterocycles. The third-order valence-corrected chi connectivity index (χ3v) is 8.44. The second kappa shape index (κ2) is 10.8. The van der Waals surface area contributed by atoms with Crippen LogP contribution in [0.3, 0.4) is 0 Å². The van der Waals surface area contributed by atoms with Crippen molar-refractivity contribution >= 4 is 50.3 Å². The van der Waals surface area contributed by atoms with Gasteiger partial charge in [-0.25, -0.2) is 8.42 Å². The van der Waals surface area contributed by atoms with Crippen molar-refractivity contribution in [3.8, 4) is 11.4 Å². The Morgan fingerprint density at radius 2 is 1.85 bits per heavy atom. The number of rotatable bonds is 7. The smallest absolute Gasteiger partial charge is 0.229 e. The highest BCUT2D eigenvalue weighted by Crippen LogP contribution is 2.45. The lowest BCUT2D eigenvalue weighted by Gasteiger charge is -2.29. The number of methoxy groups -OCH3 is 1. The SMILES string of the molecule is COc1ccc(N2C(=S)NC(c3ccccn3)C2c2cc(C)n(-c3cccc(Cl)c3C)c2C)cc1NS(C)(=O)=O. The molecule has 4 aromatic rings. The lowest BCUT2D eigenvalue weighted by Crippen LogP contribution is -2.29. The summed E-state index contributed by atoms with van der Waals surface area (Å²) in [5.74, 6) is 0.402. The molecule has 8 nitrogen and oxygen atoms in total. The topological polar surface area (TPSA) is 88.5 Å². The van der Waals surface area contributed by atoms with Gasteiger partial charge in [-0.2, -0.15) is 0 Å². The van der Waals surface area contributed by atoms with Crippen LogP contribution in [0.4, 0.5) is 11.4 Å². The molecular weight excluding hydrogens is 566 g/mol. The lowest BCUT2D eigenvalue weighted by atomic mass is 9.96. The Hall–Kier alpha value is -3.60. The molecule has 1 aliphatic rings. The molecule has 0 bridgehead atoms. The zero-order valence-electron chi connectivity index (χ0n) is 22.8. The van der Waals surface area contributed by atoms with E-state index < -0.39 is 10.0 Å². The van der Waals surface area contributed by atoms with E-state index in [1.54, 1.807) is 18.3 Å². The van der Waals surface area contributed by atoms with Gasteiger partial charge in [0.25, 0.3) is 0 Å². The highest BCUT2D eigenvalue weighted by Gasteiger charge is 2.42. The van der Waals surface area contributed by atoms with Crippen LogP contribution in [0.5, 0.6) is 5.75 Å². The number of halogens is 1. The van der Waals surface area contributed by atoms with E-state index in [4.69, 9.17) is 28.6 Å². The zero-order chi connectivity index (χ0) is 28.8. The molecule has 2 N–H and O–H groups in total. The van der Waals surface area contributed by atoms with Crippen LogP contribution < -0.4 is 19.7 Å². The van der Waals surface area contributed by atoms with Crippen LogP contribution in [0.2, 0.25) is 5.02 Å². The van der Waals surface area contributed by atoms with Crippen molar-refractivity contribution < 1.29 is 13.2 Å². The minimum absolute atomic E-state index is 0.267. The Labute approximate surface area is 245 Å². The number of benzene rings is 2. The highest BCUT2D eigenvalue weighted by molar-refractivity contribution is 7.92. The van der Waals surface area contributed by atoms with Crippen molar-refractivity contribution in [1.29, 1.82) is 0 Å². The molecule has 0 spiro atoms. The monoisotopic (exact) mass is 595 g/mol. The Kier molecular flexibility index (Phi) is 7.52. The maximum absolute atomic E-state index is 12.1. The number of hydrogen-bond donors (Lipinski definition) is 2. The number of aromatic nitrogens is 2. The molecule has 0 amide bonds. The van der Waals surface area contributed by atoms with Crippen LogP contribution in [-0.4, -0.2) is 36.4 Å². The molecule has 0 aliphatic carbocycles. The summed E-state index contributed by atoms with van der Waals surface area (Å²) in [5, 5.41) is 4.68. The van der Waals surface area contributed by atoms with Crippen LogP contribution >= 0.6 is 23.8 Å². The normalized spacial score (nSPS) is 17.1. The number of ether oxygens (including phenoxy) is 1. The molecule has 5 rings (SSSR count). The number of nitrogens with one attached hydrogen (secondary N) is 2. The minimum atomic E-state index is -3.55. The van der Waals surface area contributed by atoms with Crippen molar-refractivity contribution in [2.24, 2.45) is 0 Å². The molecule has 3 heterocycles. The van der Waals surface area contributed by atoms with E-state index in [1.165, 1.54) is 7.11 Å². The average molecular weight is 596 g/mol. The summed E-state index contributed by atoms with van der Waals surface area (Å²) in [5.41, 5.74) is 6.99. The van der Waals surface area contributed by atoms with Crippen molar-refractivity contribution in [2.75, 3.05) is 23.0 Å². The number of hydrogen-bond acceptors (Lipinski definition) is 5. The molecule has 2 unspecified atom stereocenters. The van der Waals surface area contributed by atoms with Gasteiger partial charge in [0, 0.05) is 34.0 Å². The minimum Gasteiger partial charge on any atom is -0.495 e. The first-order valence-electron chi connectivity index (χ1n) is 12.6. The van der Waals surface area contributed by atoms with Gasteiger partial charge in [0.15, 0.2) is 5.11 Å². The number of pyridine rings is 1. The second-order valence-corrected chi connectivity index (χ2v) is 12.3. The Morgan fingerprint density at radius 1 is 1.07 bits per heavy atom. The summed E-state index contributed by atoms with van der Waals surface area (Å²) in [6.07, 6.45) is 2.87. The first kappa shape index (κ1) is 27.9. The average Bonchev–Trinajstić information content (AvgIpc) is 3.40. The number of sulfonamides is 1. The van der Waals surface area contributed by atoms with E-state index in [-0.39, 0.29) is 12.1 Å². The van der Waals surface area contributed by atoms with Crippen LogP contribution in [0.25, 0.3) is 5.69 Å². The maximum atomic E-state index is 12.1. The summed E-state index contributed by atoms with van der Waals surface area (Å²) in [4.78, 5) is 6.66. The molecule has 11 heteroatoms. The molecule has 40 heavy (non-hydrogen) atoms. The fourth-order valence-electron chi connectivity index (χ4n) is 5.37. The van der Waals surface area contributed by atoms with E-state index in [0.717, 1.165) is 40.2 Å². The lowest BCUT2D eigenvalue weighted by molar-refractivity contribution is 0.417. The van der Waals surface area contributed by atoms with Gasteiger partial charge >= 0.3 is 0 Å². The largest absolute Gasteiger partial charge is 0.495 e. The van der Waals surface area contributed by atoms with Gasteiger partial charge in [-0.15, -0.1) is 0 Å². The summed E-state index contributed by atoms with van der Waals surface area (Å²) in [6, 6.07) is 18.6. The molecule has 0 radical (unpaired) electrons. The van der Waals surface area contributed by atoms with Gasteiger partial charge < -0.3 is 19.5 Å². The van der Waals surface area contributed by atoms with Gasteiger partial charge in [0.2, 0.25) is 10.0 Å². The van der Waals surface area contributed by atoms with E-state index in [1.807, 2.05) is 48.2 Å². The quantitative estimate of drug-likeness (QED) is 0.253. The van der Waals surface area contributed by atoms with E-state index >= 15 is 0 Å². The van der Waals surface area contributed by atoms with Gasteiger partial charge in [-0.05, 0) is 92.6 Å². The van der Waals surface area contributed by atoms with Crippen LogP contribution in [-0.2, 0) is 10.0 Å². The van der Waals surface area contributed by atoms with Crippen LogP contribution in [0.1, 0.15) is 40.3 Å². The predicted molar refractivity (Wildman–Crippen MR) is 164 cm³/mol. The van der Waals surface area contributed by atoms with Crippen molar-refractivity contribution in [2.45, 2.75) is 32.9 Å². The molecule has 2 atom stereocenters. The highest BCUT2D eigenvalue weighted by atomic mass is 35.5. The molecular formula is C29H30ClN5O3S2. The third kappa shape index (κ3) is 5.14. The van der Waals surface area contributed by atoms with Crippen LogP contribution in [0.15, 0.2) is 66.9 Å². The zero-order valence-corrected chi connectivity index (χ0v) is 25.2. The standard InChI is InChI=1S/C29H30ClN5O3S2/c1-17-15-21(19(3)34(17)25-11-8-9-22(30)18(25)2)28-27(23-10-6-7-14-31-23)32-29(39)35(28)20-12-13-26(38-4)24(16-20)33-40(5,36)37/h6-16,27-28,33H,1-5H3,(H,32,39). The van der Waals surface area contributed by atoms with Gasteiger partial charge in [-0.1, -0.05) is 23.7 Å². The molecule has 0 saturated carbocycles. The molecule has 208 valence electrons. The molecule has 2 aromatic heterocycles. The molecule has 2 aromatic carbocycles. The second-order valence-electron chi connectivity index (χ2n) is 9.80. The first-order valence-corrected chi connectivity index (χ1v) is 15.3. The maximum Gasteiger partial charge on any atom is 0.229 e. The summed E-state index contributed by atoms with van der Waals surface area (Å²) >= 11 is 12.4. The summed E-state index contributed by atoms with van der Waals surface area (Å²) in [7, 11) is -2.05. The number of thiocarbonyl (C=S) groups is 1. The third-order valence-electron chi connectivity index (χ3n) is 7.12. The van der Waals surface area contributed by atoms with Crippen molar-refractivity contribution in [3.05, 3.63) is 100 Å². The Bertz CT molecular complexity index is 1710. The fraction of sp³-hybridized carbons (Fsp3) is 0.241. The molecule has 1 aliphatic heterocycles. The van der Waals surface area contributed by atoms with Crippen molar-refractivity contribution in [1.82, 2.24) is 14.9 Å². The van der Waals surface area contributed by atoms with Crippen molar-refractivity contribution in [3.63, 3.8) is 0 Å². The van der Waals surface area contributed by atoms with Crippen LogP contribution in [0, 0.1) is 20.8 Å².